The summed E-state index contributed by atoms with van der Waals surface area (Å²) in [5, 5.41) is 6.99. The Kier molecular flexibility index (Phi) is 9.36. The molecule has 1 fully saturated rings. The van der Waals surface area contributed by atoms with Crippen LogP contribution in [0.4, 0.5) is 0 Å². The number of aromatic nitrogens is 2. The third-order valence-electron chi connectivity index (χ3n) is 4.98. The number of amides is 1. The van der Waals surface area contributed by atoms with Gasteiger partial charge in [-0.15, -0.1) is 17.5 Å². The number of rotatable bonds is 9. The first-order valence-corrected chi connectivity index (χ1v) is 9.76. The molecule has 1 amide bonds. The molecule has 1 saturated carbocycles. The first kappa shape index (κ1) is 24.4. The van der Waals surface area contributed by atoms with Gasteiger partial charge in [-0.25, -0.2) is 4.79 Å². The minimum atomic E-state index is -0.679. The second-order valence-corrected chi connectivity index (χ2v) is 8.49. The molecular weight excluding hydrogens is 384 g/mol. The van der Waals surface area contributed by atoms with Gasteiger partial charge in [-0.2, -0.15) is 4.68 Å². The topological polar surface area (TPSA) is 97.4 Å². The van der Waals surface area contributed by atoms with E-state index in [9.17, 15) is 14.4 Å². The van der Waals surface area contributed by atoms with Crippen molar-refractivity contribution in [3.05, 3.63) is 16.4 Å². The van der Waals surface area contributed by atoms with E-state index in [-0.39, 0.29) is 29.8 Å². The van der Waals surface area contributed by atoms with Gasteiger partial charge in [-0.05, 0) is 31.7 Å². The van der Waals surface area contributed by atoms with Crippen molar-refractivity contribution in [1.82, 2.24) is 20.0 Å². The van der Waals surface area contributed by atoms with Crippen molar-refractivity contribution in [3.63, 3.8) is 0 Å². The first-order valence-electron chi connectivity index (χ1n) is 9.76. The molecule has 8 nitrogen and oxygen atoms in total. The van der Waals surface area contributed by atoms with Gasteiger partial charge in [0.15, 0.2) is 0 Å². The summed E-state index contributed by atoms with van der Waals surface area (Å²) in [4.78, 5) is 38.7. The molecule has 1 N–H and O–H groups in total. The highest BCUT2D eigenvalue weighted by Gasteiger charge is 2.37. The molecule has 0 spiro atoms. The third kappa shape index (κ3) is 6.44. The molecule has 0 bridgehead atoms. The van der Waals surface area contributed by atoms with Crippen LogP contribution in [0.3, 0.4) is 0 Å². The molecule has 9 heteroatoms. The van der Waals surface area contributed by atoms with E-state index >= 15 is 0 Å². The minimum absolute atomic E-state index is 0. The molecule has 0 saturated heterocycles. The summed E-state index contributed by atoms with van der Waals surface area (Å²) in [7, 11) is 1.77. The maximum atomic E-state index is 13.2. The molecule has 1 aliphatic carbocycles. The highest BCUT2D eigenvalue weighted by molar-refractivity contribution is 5.97. The van der Waals surface area contributed by atoms with Crippen LogP contribution in [-0.2, 0) is 11.3 Å². The number of nitrogens with one attached hydrogen (secondary N) is 1. The zero-order valence-corrected chi connectivity index (χ0v) is 18.1. The highest BCUT2D eigenvalue weighted by atomic mass is 35.5. The zero-order valence-electron chi connectivity index (χ0n) is 17.3. The monoisotopic (exact) mass is 416 g/mol. The summed E-state index contributed by atoms with van der Waals surface area (Å²) in [6.45, 7) is 6.93. The Morgan fingerprint density at radius 1 is 1.36 bits per heavy atom. The lowest BCUT2D eigenvalue weighted by Gasteiger charge is -2.38. The van der Waals surface area contributed by atoms with E-state index in [1.165, 1.54) is 0 Å². The fourth-order valence-electron chi connectivity index (χ4n) is 3.61. The zero-order chi connectivity index (χ0) is 20.0. The first-order chi connectivity index (χ1) is 12.8. The molecule has 1 atom stereocenters. The van der Waals surface area contributed by atoms with Crippen LogP contribution in [0, 0.1) is 5.41 Å². The lowest BCUT2D eigenvalue weighted by Crippen LogP contribution is -2.49. The Morgan fingerprint density at radius 2 is 2.00 bits per heavy atom. The van der Waals surface area contributed by atoms with Gasteiger partial charge in [0.1, 0.15) is 6.04 Å². The third-order valence-corrected chi connectivity index (χ3v) is 4.98. The molecule has 1 aliphatic rings. The highest BCUT2D eigenvalue weighted by Crippen LogP contribution is 2.30. The molecule has 1 aromatic heterocycles. The van der Waals surface area contributed by atoms with Gasteiger partial charge >= 0.3 is 5.76 Å². The maximum Gasteiger partial charge on any atom is 0.437 e. The van der Waals surface area contributed by atoms with Crippen molar-refractivity contribution in [2.24, 2.45) is 5.41 Å². The summed E-state index contributed by atoms with van der Waals surface area (Å²) < 4.78 is 6.27. The van der Waals surface area contributed by atoms with E-state index in [1.807, 2.05) is 20.8 Å². The van der Waals surface area contributed by atoms with Gasteiger partial charge in [0.25, 0.3) is 5.89 Å². The van der Waals surface area contributed by atoms with Gasteiger partial charge in [0.05, 0.1) is 6.54 Å². The molecule has 0 aliphatic heterocycles. The number of carbonyl (C=O) groups excluding carboxylic acids is 2. The van der Waals surface area contributed by atoms with Gasteiger partial charge in [0, 0.05) is 12.6 Å². The van der Waals surface area contributed by atoms with Crippen LogP contribution in [0.15, 0.2) is 9.21 Å². The van der Waals surface area contributed by atoms with Crippen LogP contribution < -0.4 is 11.1 Å². The van der Waals surface area contributed by atoms with Crippen LogP contribution in [0.25, 0.3) is 0 Å². The number of likely N-dealkylation sites (N-methyl/N-ethyl adjacent to an activating group) is 1. The Morgan fingerprint density at radius 3 is 2.54 bits per heavy atom. The average molecular weight is 417 g/mol. The average Bonchev–Trinajstić information content (AvgIpc) is 3.00. The van der Waals surface area contributed by atoms with Crippen molar-refractivity contribution in [2.75, 3.05) is 13.6 Å². The molecule has 1 aromatic rings. The Labute approximate surface area is 172 Å². The van der Waals surface area contributed by atoms with Crippen LogP contribution in [0.1, 0.15) is 70.0 Å². The second kappa shape index (κ2) is 10.8. The summed E-state index contributed by atoms with van der Waals surface area (Å²) in [6.07, 6.45) is 6.32. The fourth-order valence-corrected chi connectivity index (χ4v) is 3.61. The second-order valence-electron chi connectivity index (χ2n) is 8.49. The molecule has 1 unspecified atom stereocenters. The number of carbonyl (C=O) groups is 2. The lowest BCUT2D eigenvalue weighted by molar-refractivity contribution is -0.123. The van der Waals surface area contributed by atoms with Crippen LogP contribution in [0.5, 0.6) is 0 Å². The summed E-state index contributed by atoms with van der Waals surface area (Å²) in [6, 6.07) is -0.632. The predicted octanol–water partition coefficient (Wildman–Crippen LogP) is 2.26. The molecule has 160 valence electrons. The van der Waals surface area contributed by atoms with E-state index < -0.39 is 17.6 Å². The molecular formula is C19H33ClN4O4. The van der Waals surface area contributed by atoms with Crippen molar-refractivity contribution >= 4 is 24.6 Å². The van der Waals surface area contributed by atoms with Crippen LogP contribution in [0.2, 0.25) is 0 Å². The quantitative estimate of drug-likeness (QED) is 0.489. The van der Waals surface area contributed by atoms with Gasteiger partial charge in [-0.1, -0.05) is 40.0 Å². The normalized spacial score (nSPS) is 16.3. The smallest absolute Gasteiger partial charge is 0.384 e. The maximum absolute atomic E-state index is 13.2. The standard InChI is InChI=1S/C19H32N4O4.ClH/c1-19(2,3)12-15(22(13-24)14-8-6-5-7-9-14)16(25)17-21-23(11-10-20-4)18(26)27-17;/h13-15,20H,5-12H2,1-4H3;1H. The molecule has 2 rings (SSSR count). The van der Waals surface area contributed by atoms with Gasteiger partial charge in [0.2, 0.25) is 12.2 Å². The van der Waals surface area contributed by atoms with Crippen molar-refractivity contribution in [1.29, 1.82) is 0 Å². The largest absolute Gasteiger partial charge is 0.437 e. The molecule has 28 heavy (non-hydrogen) atoms. The van der Waals surface area contributed by atoms with Crippen molar-refractivity contribution in [3.8, 4) is 0 Å². The predicted molar refractivity (Wildman–Crippen MR) is 109 cm³/mol. The Balaban J connectivity index is 0.00000392. The fraction of sp³-hybridized carbons (Fsp3) is 0.789. The van der Waals surface area contributed by atoms with Crippen LogP contribution in [-0.4, -0.2) is 52.5 Å². The molecule has 0 aromatic carbocycles. The SMILES string of the molecule is CNCCn1nc(C(=O)C(CC(C)(C)C)N(C=O)C2CCCCC2)oc1=O.Cl. The number of ketones is 1. The van der Waals surface area contributed by atoms with Crippen molar-refractivity contribution in [2.45, 2.75) is 77.9 Å². The number of halogens is 1. The summed E-state index contributed by atoms with van der Waals surface area (Å²) in [5.41, 5.74) is -0.175. The van der Waals surface area contributed by atoms with E-state index in [4.69, 9.17) is 4.42 Å². The van der Waals surface area contributed by atoms with E-state index in [1.54, 1.807) is 11.9 Å². The molecule has 0 radical (unpaired) electrons. The number of hydrogen-bond acceptors (Lipinski definition) is 6. The minimum Gasteiger partial charge on any atom is -0.384 e. The molecule has 1 heterocycles. The number of Topliss-reactive ketones (excluding diaryl/α,β-unsaturated/α-hetero) is 1. The summed E-state index contributed by atoms with van der Waals surface area (Å²) >= 11 is 0. The van der Waals surface area contributed by atoms with E-state index in [0.717, 1.165) is 43.2 Å². The number of hydrogen-bond donors (Lipinski definition) is 1. The van der Waals surface area contributed by atoms with Gasteiger partial charge < -0.3 is 14.6 Å². The van der Waals surface area contributed by atoms with E-state index in [2.05, 4.69) is 10.4 Å². The van der Waals surface area contributed by atoms with Crippen molar-refractivity contribution < 1.29 is 14.0 Å². The lowest BCUT2D eigenvalue weighted by atomic mass is 9.84. The van der Waals surface area contributed by atoms with Crippen LogP contribution >= 0.6 is 12.4 Å². The van der Waals surface area contributed by atoms with Gasteiger partial charge in [-0.3, -0.25) is 9.59 Å². The number of nitrogens with zero attached hydrogens (tertiary/aromatic N) is 3. The van der Waals surface area contributed by atoms with E-state index in [0.29, 0.717) is 19.5 Å². The summed E-state index contributed by atoms with van der Waals surface area (Å²) in [5.74, 6) is -1.27. The Bertz CT molecular complexity index is 689. The Hall–Kier alpha value is -1.67.